The van der Waals surface area contributed by atoms with Crippen molar-refractivity contribution in [1.82, 2.24) is 25.3 Å². The van der Waals surface area contributed by atoms with Gasteiger partial charge in [-0.05, 0) is 56.0 Å². The topological polar surface area (TPSA) is 102 Å². The van der Waals surface area contributed by atoms with E-state index in [0.717, 1.165) is 62.2 Å². The quantitative estimate of drug-likeness (QED) is 0.615. The molecule has 1 atom stereocenters. The molecule has 33 heavy (non-hydrogen) atoms. The number of hydrogen-bond acceptors (Lipinski definition) is 7. The van der Waals surface area contributed by atoms with Crippen molar-refractivity contribution in [3.63, 3.8) is 0 Å². The number of carbonyl (C=O) groups excluding carboxylic acids is 4. The van der Waals surface area contributed by atoms with Crippen molar-refractivity contribution in [2.75, 3.05) is 45.8 Å². The first kappa shape index (κ1) is 22.2. The molecule has 1 aromatic carbocycles. The van der Waals surface area contributed by atoms with Crippen LogP contribution >= 0.6 is 0 Å². The van der Waals surface area contributed by atoms with Crippen LogP contribution in [0.1, 0.15) is 52.0 Å². The van der Waals surface area contributed by atoms with Crippen LogP contribution in [-0.4, -0.2) is 90.2 Å². The Morgan fingerprint density at radius 3 is 2.30 bits per heavy atom. The molecule has 4 amide bonds. The fourth-order valence-electron chi connectivity index (χ4n) is 5.46. The van der Waals surface area contributed by atoms with Crippen LogP contribution in [0.2, 0.25) is 0 Å². The van der Waals surface area contributed by atoms with Crippen molar-refractivity contribution >= 4 is 23.6 Å². The van der Waals surface area contributed by atoms with E-state index in [-0.39, 0.29) is 18.7 Å². The van der Waals surface area contributed by atoms with E-state index >= 15 is 0 Å². The molecule has 1 unspecified atom stereocenters. The summed E-state index contributed by atoms with van der Waals surface area (Å²) in [5.41, 5.74) is 1.69. The van der Waals surface area contributed by atoms with Gasteiger partial charge >= 0.3 is 0 Å². The maximum absolute atomic E-state index is 13.0. The van der Waals surface area contributed by atoms with Crippen molar-refractivity contribution in [3.8, 4) is 0 Å². The zero-order chi connectivity index (χ0) is 22.9. The highest BCUT2D eigenvalue weighted by molar-refractivity contribution is 6.23. The molecule has 0 spiro atoms. The Kier molecular flexibility index (Phi) is 6.27. The van der Waals surface area contributed by atoms with Crippen molar-refractivity contribution in [3.05, 3.63) is 34.9 Å². The van der Waals surface area contributed by atoms with Gasteiger partial charge in [-0.15, -0.1) is 0 Å². The number of nitrogens with zero attached hydrogens (tertiary/aromatic N) is 3. The number of benzene rings is 1. The molecule has 1 aromatic rings. The highest BCUT2D eigenvalue weighted by Crippen LogP contribution is 2.29. The smallest absolute Gasteiger partial charge is 0.262 e. The standard InChI is InChI=1S/C24H31N5O4/c30-21-4-3-20(22(31)26-21)29-23(32)18-2-1-17(13-19(18)24(29)33)15-27-9-5-16(6-10-27)14-28-11-7-25-8-12-28/h1-2,13,16,20,25H,3-12,14-15H2,(H,26,30,31). The number of rotatable bonds is 5. The van der Waals surface area contributed by atoms with Crippen LogP contribution in [0, 0.1) is 5.92 Å². The van der Waals surface area contributed by atoms with Crippen LogP contribution in [0.5, 0.6) is 0 Å². The number of likely N-dealkylation sites (tertiary alicyclic amines) is 1. The Bertz CT molecular complexity index is 966. The van der Waals surface area contributed by atoms with Crippen molar-refractivity contribution in [1.29, 1.82) is 0 Å². The fourth-order valence-corrected chi connectivity index (χ4v) is 5.46. The summed E-state index contributed by atoms with van der Waals surface area (Å²) in [5.74, 6) is -1.11. The van der Waals surface area contributed by atoms with Crippen LogP contribution in [0.25, 0.3) is 0 Å². The molecule has 4 heterocycles. The van der Waals surface area contributed by atoms with E-state index in [9.17, 15) is 19.2 Å². The summed E-state index contributed by atoms with van der Waals surface area (Å²) in [6.45, 7) is 8.43. The highest BCUT2D eigenvalue weighted by Gasteiger charge is 2.44. The number of carbonyl (C=O) groups is 4. The Morgan fingerprint density at radius 1 is 0.848 bits per heavy atom. The number of piperazine rings is 1. The lowest BCUT2D eigenvalue weighted by Crippen LogP contribution is -2.54. The fraction of sp³-hybridized carbons (Fsp3) is 0.583. The summed E-state index contributed by atoms with van der Waals surface area (Å²) in [6.07, 6.45) is 2.65. The second-order valence-electron chi connectivity index (χ2n) is 9.60. The van der Waals surface area contributed by atoms with Crippen molar-refractivity contribution in [2.24, 2.45) is 5.92 Å². The molecular weight excluding hydrogens is 422 g/mol. The molecule has 4 aliphatic rings. The maximum atomic E-state index is 13.0. The van der Waals surface area contributed by atoms with E-state index in [2.05, 4.69) is 20.4 Å². The molecular formula is C24H31N5O4. The molecule has 0 aliphatic carbocycles. The molecule has 2 N–H and O–H groups in total. The Morgan fingerprint density at radius 2 is 1.58 bits per heavy atom. The van der Waals surface area contributed by atoms with Crippen LogP contribution in [0.4, 0.5) is 0 Å². The molecule has 0 bridgehead atoms. The van der Waals surface area contributed by atoms with Gasteiger partial charge in [-0.2, -0.15) is 0 Å². The monoisotopic (exact) mass is 453 g/mol. The lowest BCUT2D eigenvalue weighted by molar-refractivity contribution is -0.136. The average Bonchev–Trinajstić information content (AvgIpc) is 3.06. The van der Waals surface area contributed by atoms with E-state index in [1.54, 1.807) is 12.1 Å². The summed E-state index contributed by atoms with van der Waals surface area (Å²) >= 11 is 0. The maximum Gasteiger partial charge on any atom is 0.262 e. The summed E-state index contributed by atoms with van der Waals surface area (Å²) in [6, 6.07) is 4.49. The largest absolute Gasteiger partial charge is 0.314 e. The molecule has 3 saturated heterocycles. The lowest BCUT2D eigenvalue weighted by Gasteiger charge is -2.36. The summed E-state index contributed by atoms with van der Waals surface area (Å²) < 4.78 is 0. The number of amides is 4. The number of nitrogens with one attached hydrogen (secondary N) is 2. The zero-order valence-corrected chi connectivity index (χ0v) is 18.8. The van der Waals surface area contributed by atoms with E-state index in [0.29, 0.717) is 11.1 Å². The first-order valence-electron chi connectivity index (χ1n) is 12.0. The first-order valence-corrected chi connectivity index (χ1v) is 12.0. The summed E-state index contributed by atoms with van der Waals surface area (Å²) in [7, 11) is 0. The molecule has 4 aliphatic heterocycles. The van der Waals surface area contributed by atoms with Crippen LogP contribution in [0.15, 0.2) is 18.2 Å². The molecule has 9 heteroatoms. The second-order valence-corrected chi connectivity index (χ2v) is 9.60. The summed E-state index contributed by atoms with van der Waals surface area (Å²) in [5, 5.41) is 5.64. The van der Waals surface area contributed by atoms with Gasteiger partial charge in [0, 0.05) is 45.7 Å². The predicted octanol–water partition coefficient (Wildman–Crippen LogP) is 0.205. The van der Waals surface area contributed by atoms with Crippen LogP contribution in [-0.2, 0) is 16.1 Å². The summed E-state index contributed by atoms with van der Waals surface area (Å²) in [4.78, 5) is 55.5. The van der Waals surface area contributed by atoms with Crippen LogP contribution in [0.3, 0.4) is 0 Å². The molecule has 3 fully saturated rings. The van der Waals surface area contributed by atoms with Crippen LogP contribution < -0.4 is 10.6 Å². The van der Waals surface area contributed by atoms with E-state index < -0.39 is 23.8 Å². The van der Waals surface area contributed by atoms with Gasteiger partial charge in [0.25, 0.3) is 11.8 Å². The number of hydrogen-bond donors (Lipinski definition) is 2. The third-order valence-electron chi connectivity index (χ3n) is 7.34. The Balaban J connectivity index is 1.19. The highest BCUT2D eigenvalue weighted by atomic mass is 16.2. The van der Waals surface area contributed by atoms with Gasteiger partial charge in [-0.25, -0.2) is 0 Å². The number of imide groups is 2. The second kappa shape index (κ2) is 9.32. The molecule has 176 valence electrons. The average molecular weight is 454 g/mol. The molecule has 0 saturated carbocycles. The third kappa shape index (κ3) is 4.58. The number of piperidine rings is 2. The molecule has 9 nitrogen and oxygen atoms in total. The van der Waals surface area contributed by atoms with E-state index in [1.807, 2.05) is 6.07 Å². The van der Waals surface area contributed by atoms with Gasteiger partial charge < -0.3 is 10.2 Å². The number of fused-ring (bicyclic) bond motifs is 1. The minimum Gasteiger partial charge on any atom is -0.314 e. The van der Waals surface area contributed by atoms with Gasteiger partial charge in [-0.3, -0.25) is 34.3 Å². The predicted molar refractivity (Wildman–Crippen MR) is 120 cm³/mol. The first-order chi connectivity index (χ1) is 16.0. The van der Waals surface area contributed by atoms with Gasteiger partial charge in [0.2, 0.25) is 11.8 Å². The van der Waals surface area contributed by atoms with Gasteiger partial charge in [0.1, 0.15) is 6.04 Å². The van der Waals surface area contributed by atoms with Gasteiger partial charge in [0.15, 0.2) is 0 Å². The minimum absolute atomic E-state index is 0.125. The van der Waals surface area contributed by atoms with Crippen molar-refractivity contribution < 1.29 is 19.2 Å². The third-order valence-corrected chi connectivity index (χ3v) is 7.34. The Labute approximate surface area is 193 Å². The van der Waals surface area contributed by atoms with E-state index in [4.69, 9.17) is 0 Å². The van der Waals surface area contributed by atoms with Gasteiger partial charge in [0.05, 0.1) is 11.1 Å². The zero-order valence-electron chi connectivity index (χ0n) is 18.8. The van der Waals surface area contributed by atoms with Crippen molar-refractivity contribution in [2.45, 2.75) is 38.3 Å². The van der Waals surface area contributed by atoms with E-state index in [1.165, 1.54) is 19.4 Å². The molecule has 0 radical (unpaired) electrons. The lowest BCUT2D eigenvalue weighted by atomic mass is 9.95. The molecule has 0 aromatic heterocycles. The normalized spacial score (nSPS) is 25.5. The van der Waals surface area contributed by atoms with Gasteiger partial charge in [-0.1, -0.05) is 6.07 Å². The minimum atomic E-state index is -0.923. The SMILES string of the molecule is O=C1CCC(N2C(=O)c3ccc(CN4CCC(CN5CCNCC5)CC4)cc3C2=O)C(=O)N1. The molecule has 5 rings (SSSR count). The Hall–Kier alpha value is -2.62.